The number of aldehydes is 1. The molecule has 0 spiro atoms. The third-order valence-corrected chi connectivity index (χ3v) is 0.850. The predicted octanol–water partition coefficient (Wildman–Crippen LogP) is 1.12. The Kier molecular flexibility index (Phi) is 7.97. The third kappa shape index (κ3) is 8.29. The van der Waals surface area contributed by atoms with E-state index in [9.17, 15) is 4.79 Å². The largest absolute Gasteiger partial charge is 0.411 e. The van der Waals surface area contributed by atoms with Gasteiger partial charge in [-0.25, -0.2) is 0 Å². The molecule has 4 nitrogen and oxygen atoms in total. The smallest absolute Gasteiger partial charge is 0.125 e. The average Bonchev–Trinajstić information content (AvgIpc) is 2.18. The van der Waals surface area contributed by atoms with Gasteiger partial charge in [-0.3, -0.25) is 4.98 Å². The molecule has 0 aliphatic rings. The zero-order chi connectivity index (χ0) is 9.07. The Labute approximate surface area is 70.6 Å². The van der Waals surface area contributed by atoms with Gasteiger partial charge in [-0.15, -0.1) is 5.16 Å². The van der Waals surface area contributed by atoms with E-state index in [-0.39, 0.29) is 6.42 Å². The first-order chi connectivity index (χ1) is 5.91. The van der Waals surface area contributed by atoms with Crippen LogP contribution in [0, 0.1) is 0 Å². The van der Waals surface area contributed by atoms with E-state index >= 15 is 0 Å². The zero-order valence-corrected chi connectivity index (χ0v) is 6.50. The third-order valence-electron chi connectivity index (χ3n) is 0.850. The molecule has 0 aromatic carbocycles. The summed E-state index contributed by atoms with van der Waals surface area (Å²) in [7, 11) is 0. The van der Waals surface area contributed by atoms with E-state index in [1.165, 1.54) is 0 Å². The van der Waals surface area contributed by atoms with Crippen LogP contribution in [0.3, 0.4) is 0 Å². The maximum atomic E-state index is 9.36. The Morgan fingerprint density at radius 1 is 1.33 bits per heavy atom. The molecule has 0 unspecified atom stereocenters. The van der Waals surface area contributed by atoms with Crippen molar-refractivity contribution in [2.45, 2.75) is 6.42 Å². The molecule has 1 N–H and O–H groups in total. The van der Waals surface area contributed by atoms with E-state index in [4.69, 9.17) is 5.21 Å². The number of aromatic nitrogens is 1. The van der Waals surface area contributed by atoms with Gasteiger partial charge in [0.2, 0.25) is 0 Å². The van der Waals surface area contributed by atoms with Crippen LogP contribution < -0.4 is 0 Å². The topological polar surface area (TPSA) is 62.5 Å². The van der Waals surface area contributed by atoms with Crippen molar-refractivity contribution in [1.82, 2.24) is 4.98 Å². The molecule has 0 saturated heterocycles. The Morgan fingerprint density at radius 2 is 2.00 bits per heavy atom. The molecule has 1 rings (SSSR count). The molecule has 0 bridgehead atoms. The molecule has 0 fully saturated rings. The van der Waals surface area contributed by atoms with E-state index in [2.05, 4.69) is 10.1 Å². The summed E-state index contributed by atoms with van der Waals surface area (Å²) in [5.41, 5.74) is 0. The second-order valence-corrected chi connectivity index (χ2v) is 1.72. The van der Waals surface area contributed by atoms with Crippen LogP contribution in [0.5, 0.6) is 0 Å². The normalized spacial score (nSPS) is 8.67. The van der Waals surface area contributed by atoms with Crippen molar-refractivity contribution < 1.29 is 10.0 Å². The lowest BCUT2D eigenvalue weighted by molar-refractivity contribution is -0.106. The molecular weight excluding hydrogens is 156 g/mol. The summed E-state index contributed by atoms with van der Waals surface area (Å²) in [6.45, 7) is 0. The summed E-state index contributed by atoms with van der Waals surface area (Å²) >= 11 is 0. The first-order valence-electron chi connectivity index (χ1n) is 3.36. The zero-order valence-electron chi connectivity index (χ0n) is 6.50. The first kappa shape index (κ1) is 10.3. The number of rotatable bonds is 2. The number of carbonyl (C=O) groups is 1. The minimum Gasteiger partial charge on any atom is -0.411 e. The molecule has 1 aromatic heterocycles. The van der Waals surface area contributed by atoms with E-state index in [1.54, 1.807) is 12.4 Å². The fourth-order valence-corrected chi connectivity index (χ4v) is 0.403. The van der Waals surface area contributed by atoms with Crippen LogP contribution in [-0.2, 0) is 4.79 Å². The molecular formula is C8H10N2O2. The molecule has 0 radical (unpaired) electrons. The van der Waals surface area contributed by atoms with Crippen LogP contribution in [0.15, 0.2) is 35.7 Å². The van der Waals surface area contributed by atoms with Gasteiger partial charge in [0.15, 0.2) is 0 Å². The number of nitrogens with zero attached hydrogens (tertiary/aromatic N) is 2. The van der Waals surface area contributed by atoms with Crippen molar-refractivity contribution in [3.8, 4) is 0 Å². The van der Waals surface area contributed by atoms with Gasteiger partial charge in [-0.1, -0.05) is 6.07 Å². The second-order valence-electron chi connectivity index (χ2n) is 1.72. The van der Waals surface area contributed by atoms with Gasteiger partial charge >= 0.3 is 0 Å². The molecule has 1 aromatic rings. The molecule has 0 aliphatic carbocycles. The summed E-state index contributed by atoms with van der Waals surface area (Å²) in [6, 6.07) is 5.72. The van der Waals surface area contributed by atoms with E-state index in [1.807, 2.05) is 18.2 Å². The molecule has 1 heterocycles. The highest BCUT2D eigenvalue weighted by molar-refractivity contribution is 5.75. The van der Waals surface area contributed by atoms with Gasteiger partial charge in [0.25, 0.3) is 0 Å². The predicted molar refractivity (Wildman–Crippen MR) is 45.2 cm³/mol. The standard InChI is InChI=1S/C5H5N.C3H5NO2/c1-2-4-6-5-3-1;5-3-1-2-4-6/h1-5H;2-3,6H,1H2. The molecule has 4 heteroatoms. The summed E-state index contributed by atoms with van der Waals surface area (Å²) in [6.07, 6.45) is 5.46. The van der Waals surface area contributed by atoms with Crippen LogP contribution in [0.4, 0.5) is 0 Å². The highest BCUT2D eigenvalue weighted by Crippen LogP contribution is 1.73. The van der Waals surface area contributed by atoms with Crippen LogP contribution in [0.1, 0.15) is 6.42 Å². The van der Waals surface area contributed by atoms with E-state index in [0.29, 0.717) is 6.29 Å². The van der Waals surface area contributed by atoms with Crippen molar-refractivity contribution in [3.63, 3.8) is 0 Å². The quantitative estimate of drug-likeness (QED) is 0.310. The maximum absolute atomic E-state index is 9.36. The maximum Gasteiger partial charge on any atom is 0.125 e. The molecule has 0 atom stereocenters. The minimum atomic E-state index is 0.191. The van der Waals surface area contributed by atoms with Gasteiger partial charge in [-0.05, 0) is 12.1 Å². The molecule has 0 amide bonds. The van der Waals surface area contributed by atoms with Gasteiger partial charge in [0.1, 0.15) is 6.29 Å². The number of oxime groups is 1. The second kappa shape index (κ2) is 9.29. The van der Waals surface area contributed by atoms with Crippen LogP contribution >= 0.6 is 0 Å². The first-order valence-corrected chi connectivity index (χ1v) is 3.36. The number of hydrogen-bond acceptors (Lipinski definition) is 4. The highest BCUT2D eigenvalue weighted by Gasteiger charge is 1.66. The Hall–Kier alpha value is -1.71. The number of hydrogen-bond donors (Lipinski definition) is 1. The van der Waals surface area contributed by atoms with Crippen molar-refractivity contribution in [2.75, 3.05) is 0 Å². The Bertz CT molecular complexity index is 185. The van der Waals surface area contributed by atoms with E-state index < -0.39 is 0 Å². The fraction of sp³-hybridized carbons (Fsp3) is 0.125. The van der Waals surface area contributed by atoms with Crippen molar-refractivity contribution >= 4 is 12.5 Å². The fourth-order valence-electron chi connectivity index (χ4n) is 0.403. The number of carbonyl (C=O) groups excluding carboxylic acids is 1. The van der Waals surface area contributed by atoms with Gasteiger partial charge in [-0.2, -0.15) is 0 Å². The average molecular weight is 166 g/mol. The lowest BCUT2D eigenvalue weighted by atomic mass is 10.5. The van der Waals surface area contributed by atoms with Gasteiger partial charge in [0, 0.05) is 18.8 Å². The summed E-state index contributed by atoms with van der Waals surface area (Å²) in [5, 5.41) is 10.2. The molecule has 64 valence electrons. The minimum absolute atomic E-state index is 0.191. The molecule has 12 heavy (non-hydrogen) atoms. The van der Waals surface area contributed by atoms with Crippen molar-refractivity contribution in [3.05, 3.63) is 30.6 Å². The Morgan fingerprint density at radius 3 is 2.17 bits per heavy atom. The van der Waals surface area contributed by atoms with Gasteiger partial charge in [0.05, 0.1) is 6.21 Å². The van der Waals surface area contributed by atoms with Crippen LogP contribution in [-0.4, -0.2) is 22.7 Å². The summed E-state index contributed by atoms with van der Waals surface area (Å²) < 4.78 is 0. The molecule has 0 saturated carbocycles. The number of pyridine rings is 1. The van der Waals surface area contributed by atoms with Crippen LogP contribution in [0.2, 0.25) is 0 Å². The van der Waals surface area contributed by atoms with Crippen LogP contribution in [0.25, 0.3) is 0 Å². The Balaban J connectivity index is 0.000000202. The van der Waals surface area contributed by atoms with E-state index in [0.717, 1.165) is 6.21 Å². The lowest BCUT2D eigenvalue weighted by Crippen LogP contribution is -1.72. The van der Waals surface area contributed by atoms with Crippen molar-refractivity contribution in [2.24, 2.45) is 5.16 Å². The lowest BCUT2D eigenvalue weighted by Gasteiger charge is -1.70. The van der Waals surface area contributed by atoms with Crippen molar-refractivity contribution in [1.29, 1.82) is 0 Å². The SMILES string of the molecule is O=CCC=NO.c1ccncc1. The summed E-state index contributed by atoms with van der Waals surface area (Å²) in [4.78, 5) is 13.1. The summed E-state index contributed by atoms with van der Waals surface area (Å²) in [5.74, 6) is 0. The monoisotopic (exact) mass is 166 g/mol. The highest BCUT2D eigenvalue weighted by atomic mass is 16.4. The molecule has 0 aliphatic heterocycles. The van der Waals surface area contributed by atoms with Gasteiger partial charge < -0.3 is 10.0 Å².